The topological polar surface area (TPSA) is 73.1 Å². The molecule has 0 N–H and O–H groups in total. The molecule has 2 heterocycles. The van der Waals surface area contributed by atoms with Gasteiger partial charge in [0.05, 0.1) is 7.11 Å². The SMILES string of the molecule is COc1cc(-c2nc3cc(C)cc(C)n3c2N(C(C)=O)C2CCCCC2)ccc1OC(C)=O. The van der Waals surface area contributed by atoms with Crippen molar-refractivity contribution in [3.8, 4) is 22.8 Å². The summed E-state index contributed by atoms with van der Waals surface area (Å²) in [5.41, 5.74) is 4.42. The van der Waals surface area contributed by atoms with Crippen LogP contribution in [-0.2, 0) is 9.59 Å². The molecule has 1 aromatic carbocycles. The molecular weight excluding hydrogens is 418 g/mol. The minimum atomic E-state index is -0.416. The number of fused-ring (bicyclic) bond motifs is 1. The molecule has 7 nitrogen and oxygen atoms in total. The van der Waals surface area contributed by atoms with Crippen LogP contribution in [-0.4, -0.2) is 34.4 Å². The third-order valence-corrected chi connectivity index (χ3v) is 6.22. The number of ether oxygens (including phenoxy) is 2. The summed E-state index contributed by atoms with van der Waals surface area (Å²) in [6.45, 7) is 7.07. The first-order valence-corrected chi connectivity index (χ1v) is 11.5. The molecule has 3 aromatic rings. The van der Waals surface area contributed by atoms with Gasteiger partial charge in [-0.1, -0.05) is 19.3 Å². The maximum atomic E-state index is 13.0. The number of methoxy groups -OCH3 is 1. The Morgan fingerprint density at radius 2 is 1.76 bits per heavy atom. The molecule has 1 aliphatic rings. The number of esters is 1. The summed E-state index contributed by atoms with van der Waals surface area (Å²) in [5, 5.41) is 0. The van der Waals surface area contributed by atoms with Crippen LogP contribution in [0.25, 0.3) is 16.9 Å². The third-order valence-electron chi connectivity index (χ3n) is 6.22. The van der Waals surface area contributed by atoms with Crippen LogP contribution in [0.4, 0.5) is 5.82 Å². The first-order chi connectivity index (χ1) is 15.8. The van der Waals surface area contributed by atoms with Crippen molar-refractivity contribution in [1.29, 1.82) is 0 Å². The molecule has 0 radical (unpaired) electrons. The van der Waals surface area contributed by atoms with Crippen LogP contribution in [0, 0.1) is 13.8 Å². The highest BCUT2D eigenvalue weighted by molar-refractivity contribution is 5.96. The van der Waals surface area contributed by atoms with Crippen LogP contribution in [0.3, 0.4) is 0 Å². The van der Waals surface area contributed by atoms with E-state index >= 15 is 0 Å². The maximum absolute atomic E-state index is 13.0. The molecule has 0 saturated heterocycles. The predicted octanol–water partition coefficient (Wildman–Crippen LogP) is 5.24. The number of nitrogens with zero attached hydrogens (tertiary/aromatic N) is 3. The highest BCUT2D eigenvalue weighted by atomic mass is 16.6. The van der Waals surface area contributed by atoms with Crippen molar-refractivity contribution in [2.75, 3.05) is 12.0 Å². The highest BCUT2D eigenvalue weighted by Crippen LogP contribution is 2.40. The van der Waals surface area contributed by atoms with E-state index < -0.39 is 5.97 Å². The van der Waals surface area contributed by atoms with Crippen molar-refractivity contribution in [1.82, 2.24) is 9.38 Å². The zero-order chi connectivity index (χ0) is 23.7. The molecule has 1 saturated carbocycles. The van der Waals surface area contributed by atoms with Gasteiger partial charge < -0.3 is 9.47 Å². The molecule has 33 heavy (non-hydrogen) atoms. The molecule has 1 fully saturated rings. The lowest BCUT2D eigenvalue weighted by Gasteiger charge is -2.34. The fraction of sp³-hybridized carbons (Fsp3) is 0.423. The first kappa shape index (κ1) is 22.8. The van der Waals surface area contributed by atoms with Gasteiger partial charge in [-0.15, -0.1) is 0 Å². The first-order valence-electron chi connectivity index (χ1n) is 11.5. The van der Waals surface area contributed by atoms with Crippen LogP contribution < -0.4 is 14.4 Å². The number of amides is 1. The van der Waals surface area contributed by atoms with E-state index in [0.29, 0.717) is 17.2 Å². The number of benzene rings is 1. The number of aryl methyl sites for hydroxylation is 2. The van der Waals surface area contributed by atoms with E-state index in [1.807, 2.05) is 36.9 Å². The Hall–Kier alpha value is -3.35. The van der Waals surface area contributed by atoms with E-state index in [1.165, 1.54) is 20.5 Å². The Morgan fingerprint density at radius 1 is 1.03 bits per heavy atom. The molecule has 7 heteroatoms. The maximum Gasteiger partial charge on any atom is 0.308 e. The van der Waals surface area contributed by atoms with Gasteiger partial charge in [0.1, 0.15) is 17.2 Å². The van der Waals surface area contributed by atoms with Gasteiger partial charge in [0.25, 0.3) is 0 Å². The molecule has 0 unspecified atom stereocenters. The van der Waals surface area contributed by atoms with Crippen molar-refractivity contribution in [3.63, 3.8) is 0 Å². The monoisotopic (exact) mass is 449 g/mol. The molecule has 4 rings (SSSR count). The minimum Gasteiger partial charge on any atom is -0.493 e. The van der Waals surface area contributed by atoms with Gasteiger partial charge in [-0.05, 0) is 62.6 Å². The second kappa shape index (κ2) is 9.25. The lowest BCUT2D eigenvalue weighted by Crippen LogP contribution is -2.41. The van der Waals surface area contributed by atoms with E-state index in [4.69, 9.17) is 14.5 Å². The lowest BCUT2D eigenvalue weighted by atomic mass is 9.94. The van der Waals surface area contributed by atoms with Gasteiger partial charge >= 0.3 is 5.97 Å². The van der Waals surface area contributed by atoms with Crippen molar-refractivity contribution >= 4 is 23.3 Å². The Kier molecular flexibility index (Phi) is 6.40. The molecule has 0 aliphatic heterocycles. The fourth-order valence-corrected chi connectivity index (χ4v) is 4.90. The second-order valence-corrected chi connectivity index (χ2v) is 8.79. The zero-order valence-corrected chi connectivity index (χ0v) is 20.0. The van der Waals surface area contributed by atoms with E-state index in [0.717, 1.165) is 54.0 Å². The predicted molar refractivity (Wildman–Crippen MR) is 128 cm³/mol. The Morgan fingerprint density at radius 3 is 2.39 bits per heavy atom. The summed E-state index contributed by atoms with van der Waals surface area (Å²) in [4.78, 5) is 31.4. The molecule has 1 aliphatic carbocycles. The van der Waals surface area contributed by atoms with Crippen molar-refractivity contribution in [3.05, 3.63) is 41.6 Å². The number of pyridine rings is 1. The minimum absolute atomic E-state index is 0.00780. The van der Waals surface area contributed by atoms with Gasteiger partial charge in [-0.2, -0.15) is 0 Å². The molecule has 0 spiro atoms. The molecule has 0 atom stereocenters. The van der Waals surface area contributed by atoms with Crippen LogP contribution >= 0.6 is 0 Å². The number of aromatic nitrogens is 2. The number of carbonyl (C=O) groups excluding carboxylic acids is 2. The number of hydrogen-bond donors (Lipinski definition) is 0. The number of imidazole rings is 1. The lowest BCUT2D eigenvalue weighted by molar-refractivity contribution is -0.132. The third kappa shape index (κ3) is 4.45. The molecule has 1 amide bonds. The Bertz CT molecular complexity index is 1210. The van der Waals surface area contributed by atoms with Crippen molar-refractivity contribution in [2.24, 2.45) is 0 Å². The summed E-state index contributed by atoms with van der Waals surface area (Å²) in [6, 6.07) is 9.64. The van der Waals surface area contributed by atoms with Gasteiger partial charge in [-0.25, -0.2) is 4.98 Å². The van der Waals surface area contributed by atoms with Gasteiger partial charge in [0.15, 0.2) is 11.5 Å². The summed E-state index contributed by atoms with van der Waals surface area (Å²) in [6.07, 6.45) is 5.39. The van der Waals surface area contributed by atoms with Gasteiger partial charge in [0.2, 0.25) is 5.91 Å². The highest BCUT2D eigenvalue weighted by Gasteiger charge is 2.31. The van der Waals surface area contributed by atoms with Gasteiger partial charge in [0, 0.05) is 31.1 Å². The summed E-state index contributed by atoms with van der Waals surface area (Å²) in [5.74, 6) is 1.16. The Balaban J connectivity index is 1.96. The number of carbonyl (C=O) groups is 2. The van der Waals surface area contributed by atoms with Crippen LogP contribution in [0.5, 0.6) is 11.5 Å². The van der Waals surface area contributed by atoms with Crippen LogP contribution in [0.15, 0.2) is 30.3 Å². The molecule has 0 bridgehead atoms. The number of hydrogen-bond acceptors (Lipinski definition) is 5. The fourth-order valence-electron chi connectivity index (χ4n) is 4.90. The largest absolute Gasteiger partial charge is 0.493 e. The smallest absolute Gasteiger partial charge is 0.308 e. The average Bonchev–Trinajstić information content (AvgIpc) is 3.13. The Labute approximate surface area is 194 Å². The zero-order valence-electron chi connectivity index (χ0n) is 20.0. The summed E-state index contributed by atoms with van der Waals surface area (Å²) < 4.78 is 12.8. The van der Waals surface area contributed by atoms with E-state index in [-0.39, 0.29) is 11.9 Å². The second-order valence-electron chi connectivity index (χ2n) is 8.79. The van der Waals surface area contributed by atoms with Gasteiger partial charge in [-0.3, -0.25) is 18.9 Å². The van der Waals surface area contributed by atoms with Crippen molar-refractivity contribution in [2.45, 2.75) is 65.8 Å². The average molecular weight is 450 g/mol. The number of rotatable bonds is 5. The molecule has 2 aromatic heterocycles. The van der Waals surface area contributed by atoms with Crippen molar-refractivity contribution < 1.29 is 19.1 Å². The quantitative estimate of drug-likeness (QED) is 0.394. The normalized spacial score (nSPS) is 14.3. The van der Waals surface area contributed by atoms with Crippen LogP contribution in [0.2, 0.25) is 0 Å². The van der Waals surface area contributed by atoms with Crippen LogP contribution in [0.1, 0.15) is 57.2 Å². The van der Waals surface area contributed by atoms with E-state index in [9.17, 15) is 9.59 Å². The van der Waals surface area contributed by atoms with E-state index in [1.54, 1.807) is 13.0 Å². The standard InChI is InChI=1S/C26H31N3O4/c1-16-13-17(2)28-24(14-16)27-25(20-11-12-22(33-19(4)31)23(15-20)32-5)26(28)29(18(3)30)21-9-7-6-8-10-21/h11-15,21H,6-10H2,1-5H3. The summed E-state index contributed by atoms with van der Waals surface area (Å²) >= 11 is 0. The van der Waals surface area contributed by atoms with E-state index in [2.05, 4.69) is 10.5 Å². The molecular formula is C26H31N3O4. The summed E-state index contributed by atoms with van der Waals surface area (Å²) in [7, 11) is 1.54. The number of anilines is 1. The molecule has 174 valence electrons.